The molecule has 6 heteroatoms. The standard InChI is InChI=1S/C19H23F2N3O/c1-11-7-15(9-16(20)8-11)19(21)5-6-24(10-19)18(25)12(2)17-13(3)22-23-14(17)4/h7-9,12H,5-6,10H2,1-4H3,(H,22,23). The minimum Gasteiger partial charge on any atom is -0.338 e. The second-order valence-corrected chi connectivity index (χ2v) is 7.06. The normalized spacial score (nSPS) is 21.6. The number of nitrogens with one attached hydrogen (secondary N) is 1. The molecular formula is C19H23F2N3O. The summed E-state index contributed by atoms with van der Waals surface area (Å²) in [7, 11) is 0. The summed E-state index contributed by atoms with van der Waals surface area (Å²) >= 11 is 0. The first kappa shape index (κ1) is 17.6. The molecule has 0 bridgehead atoms. The highest BCUT2D eigenvalue weighted by Crippen LogP contribution is 2.38. The number of nitrogens with zero attached hydrogens (tertiary/aromatic N) is 2. The Hall–Kier alpha value is -2.24. The van der Waals surface area contributed by atoms with Crippen molar-refractivity contribution < 1.29 is 13.6 Å². The van der Waals surface area contributed by atoms with E-state index in [1.54, 1.807) is 13.0 Å². The van der Waals surface area contributed by atoms with E-state index in [0.29, 0.717) is 17.7 Å². The zero-order valence-electron chi connectivity index (χ0n) is 15.0. The molecule has 4 nitrogen and oxygen atoms in total. The van der Waals surface area contributed by atoms with Crippen molar-refractivity contribution in [2.24, 2.45) is 0 Å². The van der Waals surface area contributed by atoms with Crippen LogP contribution in [0.4, 0.5) is 8.78 Å². The summed E-state index contributed by atoms with van der Waals surface area (Å²) in [5.41, 5.74) is 1.78. The number of halogens is 2. The van der Waals surface area contributed by atoms with Gasteiger partial charge >= 0.3 is 0 Å². The molecule has 1 aromatic heterocycles. The van der Waals surface area contributed by atoms with Crippen molar-refractivity contribution in [1.82, 2.24) is 15.1 Å². The monoisotopic (exact) mass is 347 g/mol. The second kappa shape index (κ2) is 6.24. The highest BCUT2D eigenvalue weighted by molar-refractivity contribution is 5.84. The maximum absolute atomic E-state index is 15.4. The van der Waals surface area contributed by atoms with Crippen LogP contribution in [0.1, 0.15) is 47.3 Å². The molecule has 134 valence electrons. The molecule has 1 N–H and O–H groups in total. The van der Waals surface area contributed by atoms with Gasteiger partial charge in [0.2, 0.25) is 5.91 Å². The van der Waals surface area contributed by atoms with Crippen LogP contribution >= 0.6 is 0 Å². The molecule has 2 unspecified atom stereocenters. The summed E-state index contributed by atoms with van der Waals surface area (Å²) in [5.74, 6) is -0.967. The Kier molecular flexibility index (Phi) is 4.39. The fourth-order valence-corrected chi connectivity index (χ4v) is 3.79. The van der Waals surface area contributed by atoms with E-state index in [-0.39, 0.29) is 18.9 Å². The average molecular weight is 347 g/mol. The van der Waals surface area contributed by atoms with Crippen LogP contribution in [0.2, 0.25) is 0 Å². The molecule has 2 heterocycles. The van der Waals surface area contributed by atoms with Crippen molar-refractivity contribution in [2.75, 3.05) is 13.1 Å². The van der Waals surface area contributed by atoms with Gasteiger partial charge in [0.15, 0.2) is 5.67 Å². The Balaban J connectivity index is 1.81. The Morgan fingerprint density at radius 3 is 2.64 bits per heavy atom. The first-order chi connectivity index (χ1) is 11.7. The first-order valence-corrected chi connectivity index (χ1v) is 8.48. The van der Waals surface area contributed by atoms with E-state index in [1.807, 2.05) is 20.8 Å². The zero-order valence-corrected chi connectivity index (χ0v) is 15.0. The fourth-order valence-electron chi connectivity index (χ4n) is 3.79. The maximum atomic E-state index is 15.4. The van der Waals surface area contributed by atoms with E-state index in [1.165, 1.54) is 17.0 Å². The first-order valence-electron chi connectivity index (χ1n) is 8.48. The summed E-state index contributed by atoms with van der Waals surface area (Å²) in [4.78, 5) is 14.4. The van der Waals surface area contributed by atoms with Crippen molar-refractivity contribution in [3.8, 4) is 0 Å². The lowest BCUT2D eigenvalue weighted by Gasteiger charge is -2.24. The highest BCUT2D eigenvalue weighted by atomic mass is 19.1. The summed E-state index contributed by atoms with van der Waals surface area (Å²) in [5, 5.41) is 7.01. The molecule has 3 rings (SSSR count). The van der Waals surface area contributed by atoms with Gasteiger partial charge in [-0.3, -0.25) is 9.89 Å². The third-order valence-electron chi connectivity index (χ3n) is 5.08. The molecule has 2 atom stereocenters. The van der Waals surface area contributed by atoms with Gasteiger partial charge < -0.3 is 4.90 Å². The Morgan fingerprint density at radius 1 is 1.32 bits per heavy atom. The number of carbonyl (C=O) groups excluding carboxylic acids is 1. The number of aromatic nitrogens is 2. The average Bonchev–Trinajstić information content (AvgIpc) is 3.09. The van der Waals surface area contributed by atoms with Gasteiger partial charge in [0.1, 0.15) is 5.82 Å². The summed E-state index contributed by atoms with van der Waals surface area (Å²) < 4.78 is 29.1. The van der Waals surface area contributed by atoms with Gasteiger partial charge in [-0.05, 0) is 51.0 Å². The Morgan fingerprint density at radius 2 is 2.04 bits per heavy atom. The fraction of sp³-hybridized carbons (Fsp3) is 0.474. The number of likely N-dealkylation sites (tertiary alicyclic amines) is 1. The van der Waals surface area contributed by atoms with Gasteiger partial charge in [0.25, 0.3) is 0 Å². The van der Waals surface area contributed by atoms with Crippen LogP contribution in [-0.2, 0) is 10.5 Å². The van der Waals surface area contributed by atoms with Crippen LogP contribution in [0, 0.1) is 26.6 Å². The number of rotatable bonds is 3. The van der Waals surface area contributed by atoms with E-state index in [2.05, 4.69) is 10.2 Å². The van der Waals surface area contributed by atoms with Crippen molar-refractivity contribution in [3.05, 3.63) is 52.1 Å². The smallest absolute Gasteiger partial charge is 0.230 e. The number of hydrogen-bond acceptors (Lipinski definition) is 2. The third-order valence-corrected chi connectivity index (χ3v) is 5.08. The number of hydrogen-bond donors (Lipinski definition) is 1. The number of amides is 1. The summed E-state index contributed by atoms with van der Waals surface area (Å²) in [6, 6.07) is 4.26. The van der Waals surface area contributed by atoms with E-state index >= 15 is 4.39 Å². The number of carbonyl (C=O) groups is 1. The van der Waals surface area contributed by atoms with Crippen LogP contribution in [0.5, 0.6) is 0 Å². The topological polar surface area (TPSA) is 49.0 Å². The molecule has 1 saturated heterocycles. The summed E-state index contributed by atoms with van der Waals surface area (Å²) in [6.07, 6.45) is 0.178. The molecule has 0 saturated carbocycles. The van der Waals surface area contributed by atoms with Gasteiger partial charge in [-0.25, -0.2) is 8.78 Å². The number of aryl methyl sites for hydroxylation is 3. The van der Waals surface area contributed by atoms with Crippen LogP contribution in [0.3, 0.4) is 0 Å². The number of H-pyrrole nitrogens is 1. The second-order valence-electron chi connectivity index (χ2n) is 7.06. The van der Waals surface area contributed by atoms with Crippen LogP contribution in [0.15, 0.2) is 18.2 Å². The Bertz CT molecular complexity index is 777. The molecule has 25 heavy (non-hydrogen) atoms. The van der Waals surface area contributed by atoms with Gasteiger partial charge in [-0.2, -0.15) is 5.10 Å². The highest BCUT2D eigenvalue weighted by Gasteiger charge is 2.43. The molecule has 1 amide bonds. The van der Waals surface area contributed by atoms with Gasteiger partial charge in [-0.15, -0.1) is 0 Å². The van der Waals surface area contributed by atoms with Crippen molar-refractivity contribution in [2.45, 2.75) is 45.7 Å². The van der Waals surface area contributed by atoms with Crippen LogP contribution in [-0.4, -0.2) is 34.1 Å². The van der Waals surface area contributed by atoms with Gasteiger partial charge in [-0.1, -0.05) is 6.07 Å². The minimum absolute atomic E-state index is 0.0466. The molecule has 0 spiro atoms. The molecule has 1 aliphatic heterocycles. The number of aromatic amines is 1. The van der Waals surface area contributed by atoms with Crippen LogP contribution < -0.4 is 0 Å². The van der Waals surface area contributed by atoms with E-state index in [4.69, 9.17) is 0 Å². The molecular weight excluding hydrogens is 324 g/mol. The number of alkyl halides is 1. The predicted octanol–water partition coefficient (Wildman–Crippen LogP) is 3.67. The number of benzene rings is 1. The maximum Gasteiger partial charge on any atom is 0.230 e. The quantitative estimate of drug-likeness (QED) is 0.921. The molecule has 1 aliphatic rings. The lowest BCUT2D eigenvalue weighted by molar-refractivity contribution is -0.132. The van der Waals surface area contributed by atoms with Gasteiger partial charge in [0.05, 0.1) is 18.2 Å². The SMILES string of the molecule is Cc1cc(F)cc(C2(F)CCN(C(=O)C(C)c3c(C)n[nH]c3C)C2)c1. The van der Waals surface area contributed by atoms with Crippen LogP contribution in [0.25, 0.3) is 0 Å². The molecule has 2 aromatic rings. The van der Waals surface area contributed by atoms with E-state index in [9.17, 15) is 9.18 Å². The largest absolute Gasteiger partial charge is 0.338 e. The third kappa shape index (κ3) is 3.17. The zero-order chi connectivity index (χ0) is 18.4. The molecule has 0 radical (unpaired) electrons. The summed E-state index contributed by atoms with van der Waals surface area (Å²) in [6.45, 7) is 7.55. The predicted molar refractivity (Wildman–Crippen MR) is 91.6 cm³/mol. The minimum atomic E-state index is -1.71. The van der Waals surface area contributed by atoms with Crippen molar-refractivity contribution in [3.63, 3.8) is 0 Å². The van der Waals surface area contributed by atoms with Gasteiger partial charge in [0, 0.05) is 24.2 Å². The Labute approximate surface area is 146 Å². The van der Waals surface area contributed by atoms with Crippen molar-refractivity contribution in [1.29, 1.82) is 0 Å². The van der Waals surface area contributed by atoms with Crippen molar-refractivity contribution >= 4 is 5.91 Å². The molecule has 0 aliphatic carbocycles. The molecule has 1 fully saturated rings. The lowest BCUT2D eigenvalue weighted by atomic mass is 9.93. The molecule has 1 aromatic carbocycles. The van der Waals surface area contributed by atoms with E-state index in [0.717, 1.165) is 17.0 Å². The lowest BCUT2D eigenvalue weighted by Crippen LogP contribution is -2.35. The van der Waals surface area contributed by atoms with E-state index < -0.39 is 17.4 Å².